The van der Waals surface area contributed by atoms with Crippen LogP contribution in [0.4, 0.5) is 5.88 Å². The summed E-state index contributed by atoms with van der Waals surface area (Å²) in [7, 11) is 1.52. The summed E-state index contributed by atoms with van der Waals surface area (Å²) in [4.78, 5) is 16.2. The van der Waals surface area contributed by atoms with Crippen molar-refractivity contribution in [3.63, 3.8) is 0 Å². The van der Waals surface area contributed by atoms with E-state index in [0.29, 0.717) is 17.1 Å². The number of aromatic nitrogens is 2. The van der Waals surface area contributed by atoms with Crippen LogP contribution in [0, 0.1) is 0 Å². The van der Waals surface area contributed by atoms with Crippen LogP contribution < -0.4 is 10.1 Å². The lowest BCUT2D eigenvalue weighted by molar-refractivity contribution is 0.102. The average Bonchev–Trinajstić information content (AvgIpc) is 3.10. The first-order chi connectivity index (χ1) is 11.7. The number of carbonyl (C=O) groups excluding carboxylic acids is 1. The highest BCUT2D eigenvalue weighted by molar-refractivity contribution is 6.03. The van der Waals surface area contributed by atoms with Gasteiger partial charge in [0.2, 0.25) is 11.8 Å². The molecule has 0 aliphatic heterocycles. The normalized spacial score (nSPS) is 10.4. The summed E-state index contributed by atoms with van der Waals surface area (Å²) in [6.45, 7) is 2.10. The Bertz CT molecular complexity index is 823. The number of rotatable bonds is 5. The van der Waals surface area contributed by atoms with Crippen LogP contribution in [0.5, 0.6) is 5.88 Å². The number of hydrogen-bond donors (Lipinski definition) is 1. The number of methoxy groups -OCH3 is 1. The fraction of sp³-hybridized carbons (Fsp3) is 0.167. The first kappa shape index (κ1) is 15.7. The molecule has 1 N–H and O–H groups in total. The van der Waals surface area contributed by atoms with Crippen molar-refractivity contribution in [2.45, 2.75) is 13.3 Å². The molecular weight excluding hydrogens is 306 g/mol. The van der Waals surface area contributed by atoms with Crippen molar-refractivity contribution >= 4 is 11.8 Å². The van der Waals surface area contributed by atoms with E-state index >= 15 is 0 Å². The topological polar surface area (TPSA) is 77.2 Å². The van der Waals surface area contributed by atoms with Crippen molar-refractivity contribution in [3.05, 3.63) is 59.8 Å². The van der Waals surface area contributed by atoms with Gasteiger partial charge in [-0.3, -0.25) is 10.1 Å². The van der Waals surface area contributed by atoms with E-state index in [1.54, 1.807) is 18.2 Å². The number of aryl methyl sites for hydroxylation is 1. The van der Waals surface area contributed by atoms with Gasteiger partial charge in [-0.05, 0) is 18.1 Å². The second-order valence-electron chi connectivity index (χ2n) is 5.17. The van der Waals surface area contributed by atoms with Gasteiger partial charge < -0.3 is 9.26 Å². The van der Waals surface area contributed by atoms with Crippen molar-refractivity contribution in [1.29, 1.82) is 0 Å². The van der Waals surface area contributed by atoms with Gasteiger partial charge in [-0.15, -0.1) is 0 Å². The summed E-state index contributed by atoms with van der Waals surface area (Å²) in [6.07, 6.45) is 2.42. The summed E-state index contributed by atoms with van der Waals surface area (Å²) in [6, 6.07) is 13.0. The third kappa shape index (κ3) is 3.43. The molecule has 6 nitrogen and oxygen atoms in total. The van der Waals surface area contributed by atoms with Crippen LogP contribution in [0.1, 0.15) is 22.8 Å². The second-order valence-corrected chi connectivity index (χ2v) is 5.17. The average molecular weight is 323 g/mol. The summed E-state index contributed by atoms with van der Waals surface area (Å²) >= 11 is 0. The zero-order valence-electron chi connectivity index (χ0n) is 13.4. The van der Waals surface area contributed by atoms with Gasteiger partial charge in [0.1, 0.15) is 5.69 Å². The second kappa shape index (κ2) is 6.95. The highest BCUT2D eigenvalue weighted by atomic mass is 16.5. The third-order valence-corrected chi connectivity index (χ3v) is 3.61. The molecule has 1 amide bonds. The molecule has 6 heteroatoms. The maximum absolute atomic E-state index is 12.2. The largest absolute Gasteiger partial charge is 0.481 e. The lowest BCUT2D eigenvalue weighted by Gasteiger charge is -2.02. The van der Waals surface area contributed by atoms with Crippen molar-refractivity contribution in [1.82, 2.24) is 10.1 Å². The molecule has 0 fully saturated rings. The molecule has 0 saturated carbocycles. The Balaban J connectivity index is 1.71. The molecule has 2 aromatic heterocycles. The summed E-state index contributed by atoms with van der Waals surface area (Å²) in [5.74, 6) is 0.406. The van der Waals surface area contributed by atoms with Gasteiger partial charge in [0, 0.05) is 23.9 Å². The Labute approximate surface area is 139 Å². The lowest BCUT2D eigenvalue weighted by atomic mass is 10.1. The summed E-state index contributed by atoms with van der Waals surface area (Å²) in [5.41, 5.74) is 3.26. The highest BCUT2D eigenvalue weighted by Crippen LogP contribution is 2.22. The fourth-order valence-corrected chi connectivity index (χ4v) is 2.20. The van der Waals surface area contributed by atoms with Crippen molar-refractivity contribution in [2.75, 3.05) is 12.4 Å². The van der Waals surface area contributed by atoms with Crippen molar-refractivity contribution < 1.29 is 14.1 Å². The number of benzene rings is 1. The van der Waals surface area contributed by atoms with Crippen LogP contribution in [0.3, 0.4) is 0 Å². The lowest BCUT2D eigenvalue weighted by Crippen LogP contribution is -2.11. The maximum Gasteiger partial charge on any atom is 0.259 e. The van der Waals surface area contributed by atoms with E-state index in [2.05, 4.69) is 22.4 Å². The number of anilines is 1. The van der Waals surface area contributed by atoms with Gasteiger partial charge in [0.25, 0.3) is 5.91 Å². The number of amides is 1. The molecule has 0 radical (unpaired) electrons. The minimum Gasteiger partial charge on any atom is -0.481 e. The molecular formula is C18H17N3O3. The smallest absolute Gasteiger partial charge is 0.259 e. The molecule has 24 heavy (non-hydrogen) atoms. The molecule has 122 valence electrons. The minimum absolute atomic E-state index is 0.283. The molecule has 0 unspecified atom stereocenters. The Hall–Kier alpha value is -3.15. The van der Waals surface area contributed by atoms with Gasteiger partial charge in [-0.1, -0.05) is 36.3 Å². The number of nitrogens with one attached hydrogen (secondary N) is 1. The van der Waals surface area contributed by atoms with E-state index in [1.165, 1.54) is 18.9 Å². The molecule has 0 aliphatic rings. The van der Waals surface area contributed by atoms with E-state index in [1.807, 2.05) is 24.3 Å². The van der Waals surface area contributed by atoms with Crippen LogP contribution in [0.2, 0.25) is 0 Å². The Morgan fingerprint density at radius 2 is 2.00 bits per heavy atom. The molecule has 2 heterocycles. The zero-order valence-corrected chi connectivity index (χ0v) is 13.4. The number of carbonyl (C=O) groups is 1. The van der Waals surface area contributed by atoms with Crippen molar-refractivity contribution in [2.24, 2.45) is 0 Å². The summed E-state index contributed by atoms with van der Waals surface area (Å²) < 4.78 is 10.2. The number of nitrogens with zero attached hydrogens (tertiary/aromatic N) is 2. The molecule has 3 rings (SSSR count). The first-order valence-corrected chi connectivity index (χ1v) is 7.57. The standard InChI is InChI=1S/C18H17N3O3/c1-3-12-4-6-13(7-5-12)15-10-17(24-21-15)20-18(22)14-8-9-16(23-2)19-11-14/h4-11H,3H2,1-2H3,(H,20,22). The Morgan fingerprint density at radius 3 is 2.62 bits per heavy atom. The molecule has 0 bridgehead atoms. The summed E-state index contributed by atoms with van der Waals surface area (Å²) in [5, 5.41) is 6.65. The molecule has 3 aromatic rings. The first-order valence-electron chi connectivity index (χ1n) is 7.57. The molecule has 0 spiro atoms. The van der Waals surface area contributed by atoms with Gasteiger partial charge >= 0.3 is 0 Å². The highest BCUT2D eigenvalue weighted by Gasteiger charge is 2.12. The molecule has 0 aliphatic carbocycles. The van der Waals surface area contributed by atoms with Crippen molar-refractivity contribution in [3.8, 4) is 17.1 Å². The fourth-order valence-electron chi connectivity index (χ4n) is 2.20. The van der Waals surface area contributed by atoms with Gasteiger partial charge in [0.15, 0.2) is 0 Å². The van der Waals surface area contributed by atoms with Crippen LogP contribution >= 0.6 is 0 Å². The third-order valence-electron chi connectivity index (χ3n) is 3.61. The SMILES string of the molecule is CCc1ccc(-c2cc(NC(=O)c3ccc(OC)nc3)on2)cc1. The van der Waals surface area contributed by atoms with Crippen LogP contribution in [0.25, 0.3) is 11.3 Å². The van der Waals surface area contributed by atoms with Crippen LogP contribution in [-0.4, -0.2) is 23.2 Å². The number of hydrogen-bond acceptors (Lipinski definition) is 5. The molecule has 1 aromatic carbocycles. The quantitative estimate of drug-likeness (QED) is 0.777. The predicted molar refractivity (Wildman–Crippen MR) is 90.1 cm³/mol. The van der Waals surface area contributed by atoms with Gasteiger partial charge in [-0.2, -0.15) is 0 Å². The monoisotopic (exact) mass is 323 g/mol. The Morgan fingerprint density at radius 1 is 1.21 bits per heavy atom. The van der Waals surface area contributed by atoms with E-state index in [4.69, 9.17) is 9.26 Å². The molecule has 0 saturated heterocycles. The predicted octanol–water partition coefficient (Wildman–Crippen LogP) is 3.56. The van der Waals surface area contributed by atoms with E-state index in [-0.39, 0.29) is 11.8 Å². The van der Waals surface area contributed by atoms with Gasteiger partial charge in [0.05, 0.1) is 12.7 Å². The van der Waals surface area contributed by atoms with Crippen LogP contribution in [-0.2, 0) is 6.42 Å². The minimum atomic E-state index is -0.325. The zero-order chi connectivity index (χ0) is 16.9. The number of ether oxygens (including phenoxy) is 1. The van der Waals surface area contributed by atoms with E-state index in [9.17, 15) is 4.79 Å². The number of pyridine rings is 1. The van der Waals surface area contributed by atoms with E-state index in [0.717, 1.165) is 12.0 Å². The van der Waals surface area contributed by atoms with Crippen LogP contribution in [0.15, 0.2) is 53.2 Å². The molecule has 0 atom stereocenters. The Kier molecular flexibility index (Phi) is 4.56. The van der Waals surface area contributed by atoms with Gasteiger partial charge in [-0.25, -0.2) is 4.98 Å². The van der Waals surface area contributed by atoms with E-state index < -0.39 is 0 Å². The maximum atomic E-state index is 12.2.